The number of hydrogen-bond acceptors (Lipinski definition) is 3. The van der Waals surface area contributed by atoms with Crippen molar-refractivity contribution < 1.29 is 19.8 Å². The number of nitrogens with one attached hydrogen (secondary N) is 2. The Morgan fingerprint density at radius 1 is 1.24 bits per heavy atom. The van der Waals surface area contributed by atoms with E-state index >= 15 is 0 Å². The highest BCUT2D eigenvalue weighted by Gasteiger charge is 2.25. The number of carbonyl (C=O) groups is 2. The minimum atomic E-state index is -1.28. The van der Waals surface area contributed by atoms with E-state index in [1.807, 2.05) is 13.8 Å². The number of aliphatic hydroxyl groups excluding tert-OH is 1. The normalized spacial score (nSPS) is 15.8. The van der Waals surface area contributed by atoms with E-state index in [0.717, 1.165) is 19.3 Å². The number of carboxylic acids is 1. The van der Waals surface area contributed by atoms with Crippen molar-refractivity contribution in [1.29, 1.82) is 0 Å². The van der Waals surface area contributed by atoms with Gasteiger partial charge in [-0.25, -0.2) is 9.59 Å². The SMILES string of the molecule is CCCC(CC)NC(=O)NC(C(=O)O)C(C)O. The molecule has 17 heavy (non-hydrogen) atoms. The number of carboxylic acid groups (broad SMARTS) is 1. The predicted octanol–water partition coefficient (Wildman–Crippen LogP) is 0.698. The van der Waals surface area contributed by atoms with Crippen molar-refractivity contribution in [3.05, 3.63) is 0 Å². The van der Waals surface area contributed by atoms with Crippen molar-refractivity contribution in [2.75, 3.05) is 0 Å². The first kappa shape index (κ1) is 15.7. The molecule has 0 fully saturated rings. The minimum absolute atomic E-state index is 0.0310. The molecule has 0 aromatic rings. The van der Waals surface area contributed by atoms with Gasteiger partial charge in [-0.05, 0) is 19.8 Å². The van der Waals surface area contributed by atoms with E-state index in [4.69, 9.17) is 5.11 Å². The molecule has 0 heterocycles. The Bertz CT molecular complexity index is 256. The Balaban J connectivity index is 4.27. The molecule has 0 aliphatic rings. The molecule has 0 aromatic heterocycles. The van der Waals surface area contributed by atoms with Gasteiger partial charge >= 0.3 is 12.0 Å². The van der Waals surface area contributed by atoms with Crippen LogP contribution in [0.15, 0.2) is 0 Å². The number of aliphatic hydroxyl groups is 1. The molecule has 4 N–H and O–H groups in total. The molecule has 0 saturated carbocycles. The van der Waals surface area contributed by atoms with Gasteiger partial charge in [0.15, 0.2) is 6.04 Å². The van der Waals surface area contributed by atoms with Crippen molar-refractivity contribution >= 4 is 12.0 Å². The fourth-order valence-electron chi connectivity index (χ4n) is 1.48. The van der Waals surface area contributed by atoms with Gasteiger partial charge in [0.05, 0.1) is 6.10 Å². The summed E-state index contributed by atoms with van der Waals surface area (Å²) in [5.41, 5.74) is 0. The largest absolute Gasteiger partial charge is 0.480 e. The minimum Gasteiger partial charge on any atom is -0.480 e. The summed E-state index contributed by atoms with van der Waals surface area (Å²) in [5.74, 6) is -1.25. The van der Waals surface area contributed by atoms with Gasteiger partial charge in [0, 0.05) is 6.04 Å². The standard InChI is InChI=1S/C11H22N2O4/c1-4-6-8(5-2)12-11(17)13-9(7(3)14)10(15)16/h7-9,14H,4-6H2,1-3H3,(H,15,16)(H2,12,13,17). The van der Waals surface area contributed by atoms with Gasteiger partial charge < -0.3 is 20.8 Å². The first-order valence-electron chi connectivity index (χ1n) is 5.90. The second-order valence-corrected chi connectivity index (χ2v) is 4.07. The summed E-state index contributed by atoms with van der Waals surface area (Å²) in [6.07, 6.45) is 1.44. The second-order valence-electron chi connectivity index (χ2n) is 4.07. The zero-order valence-electron chi connectivity index (χ0n) is 10.6. The van der Waals surface area contributed by atoms with E-state index in [1.165, 1.54) is 6.92 Å². The van der Waals surface area contributed by atoms with Gasteiger partial charge in [0.25, 0.3) is 0 Å². The summed E-state index contributed by atoms with van der Waals surface area (Å²) in [6, 6.07) is -1.81. The zero-order valence-corrected chi connectivity index (χ0v) is 10.6. The molecular weight excluding hydrogens is 224 g/mol. The molecule has 0 rings (SSSR count). The molecule has 0 aliphatic carbocycles. The molecular formula is C11H22N2O4. The molecule has 0 aromatic carbocycles. The summed E-state index contributed by atoms with van der Waals surface area (Å²) in [7, 11) is 0. The Hall–Kier alpha value is -1.30. The van der Waals surface area contributed by atoms with Gasteiger partial charge in [0.1, 0.15) is 0 Å². The lowest BCUT2D eigenvalue weighted by atomic mass is 10.1. The third-order valence-corrected chi connectivity index (χ3v) is 2.50. The van der Waals surface area contributed by atoms with Crippen LogP contribution in [0, 0.1) is 0 Å². The number of carbonyl (C=O) groups excluding carboxylic acids is 1. The van der Waals surface area contributed by atoms with Crippen LogP contribution in [0.2, 0.25) is 0 Å². The summed E-state index contributed by atoms with van der Waals surface area (Å²) in [4.78, 5) is 22.3. The molecule has 3 unspecified atom stereocenters. The predicted molar refractivity (Wildman–Crippen MR) is 63.8 cm³/mol. The third-order valence-electron chi connectivity index (χ3n) is 2.50. The highest BCUT2D eigenvalue weighted by Crippen LogP contribution is 2.01. The van der Waals surface area contributed by atoms with Crippen LogP contribution in [0.3, 0.4) is 0 Å². The fourth-order valence-corrected chi connectivity index (χ4v) is 1.48. The molecule has 3 atom stereocenters. The van der Waals surface area contributed by atoms with Crippen LogP contribution in [-0.2, 0) is 4.79 Å². The average molecular weight is 246 g/mol. The van der Waals surface area contributed by atoms with Gasteiger partial charge in [-0.15, -0.1) is 0 Å². The van der Waals surface area contributed by atoms with Crippen LogP contribution in [0.5, 0.6) is 0 Å². The number of urea groups is 1. The highest BCUT2D eigenvalue weighted by atomic mass is 16.4. The summed E-state index contributed by atoms with van der Waals surface area (Å²) in [6.45, 7) is 5.28. The molecule has 2 amide bonds. The Morgan fingerprint density at radius 3 is 2.18 bits per heavy atom. The van der Waals surface area contributed by atoms with Crippen molar-refractivity contribution in [2.45, 2.75) is 58.2 Å². The Labute approximate surface area is 101 Å². The van der Waals surface area contributed by atoms with Crippen molar-refractivity contribution in [3.8, 4) is 0 Å². The topological polar surface area (TPSA) is 98.7 Å². The number of hydrogen-bond donors (Lipinski definition) is 4. The molecule has 0 saturated heterocycles. The maximum absolute atomic E-state index is 11.5. The summed E-state index contributed by atoms with van der Waals surface area (Å²) < 4.78 is 0. The Kier molecular flexibility index (Phi) is 7.29. The lowest BCUT2D eigenvalue weighted by molar-refractivity contribution is -0.141. The third kappa shape index (κ3) is 6.11. The van der Waals surface area contributed by atoms with E-state index in [-0.39, 0.29) is 6.04 Å². The summed E-state index contributed by atoms with van der Waals surface area (Å²) in [5, 5.41) is 22.9. The second kappa shape index (κ2) is 7.89. The maximum atomic E-state index is 11.5. The van der Waals surface area contributed by atoms with Crippen LogP contribution in [0.25, 0.3) is 0 Å². The molecule has 0 aliphatic heterocycles. The van der Waals surface area contributed by atoms with Crippen LogP contribution >= 0.6 is 0 Å². The van der Waals surface area contributed by atoms with Crippen molar-refractivity contribution in [3.63, 3.8) is 0 Å². The lowest BCUT2D eigenvalue weighted by Gasteiger charge is -2.21. The van der Waals surface area contributed by atoms with Gasteiger partial charge in [-0.3, -0.25) is 0 Å². The average Bonchev–Trinajstić information content (AvgIpc) is 2.24. The molecule has 0 radical (unpaired) electrons. The van der Waals surface area contributed by atoms with Crippen molar-refractivity contribution in [2.24, 2.45) is 0 Å². The molecule has 0 spiro atoms. The molecule has 0 bridgehead atoms. The Morgan fingerprint density at radius 2 is 1.82 bits per heavy atom. The van der Waals surface area contributed by atoms with Crippen LogP contribution < -0.4 is 10.6 Å². The smallest absolute Gasteiger partial charge is 0.328 e. The highest BCUT2D eigenvalue weighted by molar-refractivity contribution is 5.83. The molecule has 6 nitrogen and oxygen atoms in total. The summed E-state index contributed by atoms with van der Waals surface area (Å²) >= 11 is 0. The quantitative estimate of drug-likeness (QED) is 0.531. The van der Waals surface area contributed by atoms with Crippen LogP contribution in [-0.4, -0.2) is 40.4 Å². The monoisotopic (exact) mass is 246 g/mol. The number of aliphatic carboxylic acids is 1. The van der Waals surface area contributed by atoms with E-state index in [1.54, 1.807) is 0 Å². The van der Waals surface area contributed by atoms with E-state index in [2.05, 4.69) is 10.6 Å². The van der Waals surface area contributed by atoms with Gasteiger partial charge in [-0.1, -0.05) is 20.3 Å². The molecule has 6 heteroatoms. The zero-order chi connectivity index (χ0) is 13.4. The van der Waals surface area contributed by atoms with E-state index in [0.29, 0.717) is 0 Å². The van der Waals surface area contributed by atoms with Crippen LogP contribution in [0.4, 0.5) is 4.79 Å². The fraction of sp³-hybridized carbons (Fsp3) is 0.818. The first-order chi connectivity index (χ1) is 7.92. The van der Waals surface area contributed by atoms with Crippen molar-refractivity contribution in [1.82, 2.24) is 10.6 Å². The molecule has 100 valence electrons. The van der Waals surface area contributed by atoms with Crippen LogP contribution in [0.1, 0.15) is 40.0 Å². The van der Waals surface area contributed by atoms with Gasteiger partial charge in [-0.2, -0.15) is 0 Å². The lowest BCUT2D eigenvalue weighted by Crippen LogP contribution is -2.52. The number of rotatable bonds is 7. The van der Waals surface area contributed by atoms with Gasteiger partial charge in [0.2, 0.25) is 0 Å². The van der Waals surface area contributed by atoms with E-state index < -0.39 is 24.1 Å². The van der Waals surface area contributed by atoms with E-state index in [9.17, 15) is 14.7 Å². The number of amides is 2. The maximum Gasteiger partial charge on any atom is 0.328 e. The first-order valence-corrected chi connectivity index (χ1v) is 5.90.